The number of pyridine rings is 1. The van der Waals surface area contributed by atoms with Crippen LogP contribution < -0.4 is 29.8 Å². The van der Waals surface area contributed by atoms with Crippen LogP contribution in [0.3, 0.4) is 0 Å². The average molecular weight is 561 g/mol. The number of fused-ring (bicyclic) bond motifs is 1. The monoisotopic (exact) mass is 561 g/mol. The molecule has 2 amide bonds. The van der Waals surface area contributed by atoms with E-state index in [2.05, 4.69) is 15.5 Å². The van der Waals surface area contributed by atoms with Crippen LogP contribution in [0.25, 0.3) is 0 Å². The van der Waals surface area contributed by atoms with Crippen LogP contribution in [0.1, 0.15) is 42.4 Å². The Morgan fingerprint density at radius 3 is 2.59 bits per heavy atom. The van der Waals surface area contributed by atoms with Gasteiger partial charge in [0, 0.05) is 42.0 Å². The molecule has 0 atom stereocenters. The van der Waals surface area contributed by atoms with E-state index < -0.39 is 12.9 Å². The van der Waals surface area contributed by atoms with Crippen molar-refractivity contribution in [2.24, 2.45) is 0 Å². The highest BCUT2D eigenvalue weighted by atomic mass is 19.1. The number of urea groups is 1. The van der Waals surface area contributed by atoms with Crippen molar-refractivity contribution in [2.75, 3.05) is 29.3 Å². The van der Waals surface area contributed by atoms with Crippen molar-refractivity contribution >= 4 is 30.3 Å². The SMILES string of the molecule is COc1ccc(CNc2cc3c(cn2)CN(c2c(C)cccc2F)C(=O)N3C2CCC(NB(C)O)CC2)c(OC)c1. The van der Waals surface area contributed by atoms with Crippen molar-refractivity contribution in [1.82, 2.24) is 10.2 Å². The molecule has 41 heavy (non-hydrogen) atoms. The number of hydrogen-bond acceptors (Lipinski definition) is 7. The highest BCUT2D eigenvalue weighted by Gasteiger charge is 2.39. The molecule has 9 nitrogen and oxygen atoms in total. The second kappa shape index (κ2) is 12.4. The third kappa shape index (κ3) is 6.11. The van der Waals surface area contributed by atoms with Crippen LogP contribution in [0.15, 0.2) is 48.7 Å². The Morgan fingerprint density at radius 2 is 1.90 bits per heavy atom. The van der Waals surface area contributed by atoms with Gasteiger partial charge in [-0.05, 0) is 69.2 Å². The number of anilines is 3. The predicted molar refractivity (Wildman–Crippen MR) is 159 cm³/mol. The fraction of sp³-hybridized carbons (Fsp3) is 0.400. The molecule has 5 rings (SSSR count). The van der Waals surface area contributed by atoms with Gasteiger partial charge in [-0.1, -0.05) is 12.1 Å². The first kappa shape index (κ1) is 28.7. The molecule has 1 fully saturated rings. The number of methoxy groups -OCH3 is 2. The molecule has 3 aromatic rings. The Hall–Kier alpha value is -3.83. The maximum absolute atomic E-state index is 15.1. The molecule has 11 heteroatoms. The van der Waals surface area contributed by atoms with Gasteiger partial charge in [0.1, 0.15) is 23.1 Å². The molecule has 2 heterocycles. The van der Waals surface area contributed by atoms with Crippen molar-refractivity contribution in [2.45, 2.75) is 64.6 Å². The zero-order valence-electron chi connectivity index (χ0n) is 24.0. The van der Waals surface area contributed by atoms with Crippen molar-refractivity contribution in [1.29, 1.82) is 0 Å². The third-order valence-electron chi connectivity index (χ3n) is 7.94. The number of amides is 2. The van der Waals surface area contributed by atoms with Crippen molar-refractivity contribution in [3.63, 3.8) is 0 Å². The summed E-state index contributed by atoms with van der Waals surface area (Å²) in [6.07, 6.45) is 4.93. The van der Waals surface area contributed by atoms with E-state index in [4.69, 9.17) is 9.47 Å². The average Bonchev–Trinajstić information content (AvgIpc) is 2.96. The third-order valence-corrected chi connectivity index (χ3v) is 7.94. The lowest BCUT2D eigenvalue weighted by Gasteiger charge is -2.44. The summed E-state index contributed by atoms with van der Waals surface area (Å²) < 4.78 is 25.9. The Kier molecular flexibility index (Phi) is 8.65. The molecule has 2 aromatic carbocycles. The van der Waals surface area contributed by atoms with Gasteiger partial charge in [-0.15, -0.1) is 0 Å². The Balaban J connectivity index is 1.45. The molecule has 216 valence electrons. The molecule has 0 radical (unpaired) electrons. The van der Waals surface area contributed by atoms with Gasteiger partial charge in [0.15, 0.2) is 0 Å². The normalized spacial score (nSPS) is 18.6. The minimum absolute atomic E-state index is 0.0693. The Labute approximate surface area is 240 Å². The summed E-state index contributed by atoms with van der Waals surface area (Å²) >= 11 is 0. The number of aryl methyl sites for hydroxylation is 1. The second-order valence-corrected chi connectivity index (χ2v) is 10.7. The number of aromatic nitrogens is 1. The first-order chi connectivity index (χ1) is 19.8. The first-order valence-corrected chi connectivity index (χ1v) is 14.0. The smallest absolute Gasteiger partial charge is 0.373 e. The second-order valence-electron chi connectivity index (χ2n) is 10.7. The van der Waals surface area contributed by atoms with Crippen LogP contribution in [0.2, 0.25) is 6.82 Å². The van der Waals surface area contributed by atoms with Gasteiger partial charge in [-0.2, -0.15) is 0 Å². The van der Waals surface area contributed by atoms with Gasteiger partial charge < -0.3 is 25.0 Å². The number of ether oxygens (including phenoxy) is 2. The summed E-state index contributed by atoms with van der Waals surface area (Å²) in [5.41, 5.74) is 3.57. The minimum Gasteiger partial charge on any atom is -0.497 e. The summed E-state index contributed by atoms with van der Waals surface area (Å²) in [5, 5.41) is 16.3. The molecule has 0 saturated heterocycles. The lowest BCUT2D eigenvalue weighted by atomic mass is 9.82. The van der Waals surface area contributed by atoms with E-state index >= 15 is 4.39 Å². The molecule has 2 aliphatic rings. The number of para-hydroxylation sites is 1. The molecule has 1 aliphatic heterocycles. The van der Waals surface area contributed by atoms with Crippen molar-refractivity contribution in [3.8, 4) is 11.5 Å². The zero-order valence-corrected chi connectivity index (χ0v) is 24.0. The van der Waals surface area contributed by atoms with E-state index in [0.717, 1.165) is 42.5 Å². The summed E-state index contributed by atoms with van der Waals surface area (Å²) in [4.78, 5) is 22.1. The van der Waals surface area contributed by atoms with E-state index in [1.165, 1.54) is 11.0 Å². The highest BCUT2D eigenvalue weighted by molar-refractivity contribution is 6.45. The number of hydrogen-bond donors (Lipinski definition) is 3. The maximum Gasteiger partial charge on any atom is 0.373 e. The van der Waals surface area contributed by atoms with Gasteiger partial charge in [-0.3, -0.25) is 9.80 Å². The molecule has 0 spiro atoms. The molecule has 0 bridgehead atoms. The number of carbonyl (C=O) groups is 1. The number of halogens is 1. The lowest BCUT2D eigenvalue weighted by molar-refractivity contribution is 0.243. The summed E-state index contributed by atoms with van der Waals surface area (Å²) in [6.45, 7) is 4.22. The van der Waals surface area contributed by atoms with Gasteiger partial charge in [-0.25, -0.2) is 14.2 Å². The Morgan fingerprint density at radius 1 is 1.12 bits per heavy atom. The number of nitrogens with zero attached hydrogens (tertiary/aromatic N) is 3. The summed E-state index contributed by atoms with van der Waals surface area (Å²) in [6, 6.07) is 12.3. The fourth-order valence-electron chi connectivity index (χ4n) is 5.90. The summed E-state index contributed by atoms with van der Waals surface area (Å²) in [5.74, 6) is 1.61. The molecule has 1 aromatic heterocycles. The van der Waals surface area contributed by atoms with Crippen LogP contribution in [-0.2, 0) is 13.1 Å². The molecule has 1 saturated carbocycles. The number of rotatable bonds is 9. The first-order valence-electron chi connectivity index (χ1n) is 14.0. The molecule has 0 unspecified atom stereocenters. The standard InChI is InChI=1S/C30H37BFN5O4/c1-19-6-5-7-25(32)29(19)36-18-21-17-34-28(33-16-20-8-13-24(40-3)14-27(20)41-4)15-26(21)37(30(36)38)23-11-9-22(10-12-23)35-31(2)39/h5-8,13-15,17,22-23,35,39H,9-12,16,18H2,1-4H3,(H,33,34). The zero-order chi connectivity index (χ0) is 29.1. The van der Waals surface area contributed by atoms with Crippen molar-refractivity contribution in [3.05, 3.63) is 71.2 Å². The summed E-state index contributed by atoms with van der Waals surface area (Å²) in [7, 11) is 2.65. The van der Waals surface area contributed by atoms with E-state index in [1.807, 2.05) is 42.2 Å². The van der Waals surface area contributed by atoms with Crippen LogP contribution in [0, 0.1) is 12.7 Å². The maximum atomic E-state index is 15.1. The molecule has 3 N–H and O–H groups in total. The van der Waals surface area contributed by atoms with Gasteiger partial charge in [0.2, 0.25) is 0 Å². The highest BCUT2D eigenvalue weighted by Crippen LogP contribution is 2.39. The molecule has 1 aliphatic carbocycles. The molecular formula is C30H37BFN5O4. The van der Waals surface area contributed by atoms with Crippen LogP contribution in [0.5, 0.6) is 11.5 Å². The van der Waals surface area contributed by atoms with Crippen LogP contribution in [-0.4, -0.2) is 49.4 Å². The van der Waals surface area contributed by atoms with Gasteiger partial charge >= 0.3 is 13.1 Å². The van der Waals surface area contributed by atoms with Gasteiger partial charge in [0.05, 0.1) is 32.1 Å². The Bertz CT molecular complexity index is 1380. The largest absolute Gasteiger partial charge is 0.497 e. The fourth-order valence-corrected chi connectivity index (χ4v) is 5.90. The van der Waals surface area contributed by atoms with E-state index in [1.54, 1.807) is 33.3 Å². The number of carbonyl (C=O) groups excluding carboxylic acids is 1. The van der Waals surface area contributed by atoms with E-state index in [9.17, 15) is 9.82 Å². The molecular weight excluding hydrogens is 524 g/mol. The number of nitrogens with one attached hydrogen (secondary N) is 2. The number of benzene rings is 2. The predicted octanol–water partition coefficient (Wildman–Crippen LogP) is 5.12. The quantitative estimate of drug-likeness (QED) is 0.312. The topological polar surface area (TPSA) is 99.2 Å². The lowest BCUT2D eigenvalue weighted by Crippen LogP contribution is -2.54. The van der Waals surface area contributed by atoms with Crippen LogP contribution in [0.4, 0.5) is 26.4 Å². The van der Waals surface area contributed by atoms with E-state index in [0.29, 0.717) is 35.1 Å². The van der Waals surface area contributed by atoms with E-state index in [-0.39, 0.29) is 24.7 Å². The van der Waals surface area contributed by atoms with Crippen molar-refractivity contribution < 1.29 is 23.7 Å². The van der Waals surface area contributed by atoms with Gasteiger partial charge in [0.25, 0.3) is 0 Å². The van der Waals surface area contributed by atoms with Crippen LogP contribution >= 0.6 is 0 Å². The minimum atomic E-state index is -0.586.